The van der Waals surface area contributed by atoms with Crippen LogP contribution < -0.4 is 5.73 Å². The average molecular weight is 209 g/mol. The fraction of sp³-hybridized carbons (Fsp3) is 0.333. The second-order valence-electron chi connectivity index (χ2n) is 2.55. The van der Waals surface area contributed by atoms with Crippen LogP contribution in [0.2, 0.25) is 0 Å². The largest absolute Gasteiger partial charge is 0.477 e. The molecule has 0 aromatic carbocycles. The summed E-state index contributed by atoms with van der Waals surface area (Å²) in [4.78, 5) is 10.4. The van der Waals surface area contributed by atoms with E-state index in [2.05, 4.69) is 5.10 Å². The van der Waals surface area contributed by atoms with E-state index in [9.17, 15) is 18.0 Å². The number of rotatable bonds is 2. The molecule has 1 aromatic heterocycles. The highest BCUT2D eigenvalue weighted by molar-refractivity contribution is 5.92. The first-order chi connectivity index (χ1) is 6.29. The molecule has 0 aliphatic rings. The van der Waals surface area contributed by atoms with Gasteiger partial charge in [0.2, 0.25) is 0 Å². The standard InChI is InChI=1S/C6H6F3N3O2/c7-6(8,9)2-12-1-3(5(13)14)4(10)11-12/h1H,2H2,(H2,10,11)(H,13,14). The molecule has 5 nitrogen and oxygen atoms in total. The number of hydrogen-bond acceptors (Lipinski definition) is 3. The van der Waals surface area contributed by atoms with E-state index in [1.165, 1.54) is 0 Å². The summed E-state index contributed by atoms with van der Waals surface area (Å²) in [5, 5.41) is 11.7. The molecule has 0 spiro atoms. The molecular weight excluding hydrogens is 203 g/mol. The van der Waals surface area contributed by atoms with Crippen LogP contribution in [0, 0.1) is 0 Å². The summed E-state index contributed by atoms with van der Waals surface area (Å²) >= 11 is 0. The predicted molar refractivity (Wildman–Crippen MR) is 39.7 cm³/mol. The van der Waals surface area contributed by atoms with Crippen molar-refractivity contribution in [2.75, 3.05) is 5.73 Å². The van der Waals surface area contributed by atoms with Gasteiger partial charge in [-0.3, -0.25) is 4.68 Å². The number of aromatic carboxylic acids is 1. The van der Waals surface area contributed by atoms with Crippen LogP contribution >= 0.6 is 0 Å². The summed E-state index contributed by atoms with van der Waals surface area (Å²) in [7, 11) is 0. The predicted octanol–water partition coefficient (Wildman–Crippen LogP) is 0.726. The van der Waals surface area contributed by atoms with E-state index in [4.69, 9.17) is 10.8 Å². The van der Waals surface area contributed by atoms with E-state index < -0.39 is 30.1 Å². The van der Waals surface area contributed by atoms with Crippen LogP contribution in [0.3, 0.4) is 0 Å². The van der Waals surface area contributed by atoms with Gasteiger partial charge in [-0.05, 0) is 0 Å². The summed E-state index contributed by atoms with van der Waals surface area (Å²) in [6.45, 7) is -1.36. The van der Waals surface area contributed by atoms with Gasteiger partial charge < -0.3 is 10.8 Å². The number of aromatic nitrogens is 2. The fourth-order valence-electron chi connectivity index (χ4n) is 0.866. The van der Waals surface area contributed by atoms with Gasteiger partial charge in [-0.15, -0.1) is 0 Å². The van der Waals surface area contributed by atoms with Gasteiger partial charge in [0.05, 0.1) is 0 Å². The van der Waals surface area contributed by atoms with Gasteiger partial charge in [0.25, 0.3) is 0 Å². The van der Waals surface area contributed by atoms with Crippen LogP contribution in [-0.2, 0) is 6.54 Å². The summed E-state index contributed by atoms with van der Waals surface area (Å²) < 4.78 is 35.9. The van der Waals surface area contributed by atoms with Crippen LogP contribution in [0.25, 0.3) is 0 Å². The Balaban J connectivity index is 2.92. The van der Waals surface area contributed by atoms with Gasteiger partial charge >= 0.3 is 12.1 Å². The first-order valence-electron chi connectivity index (χ1n) is 3.42. The van der Waals surface area contributed by atoms with Crippen molar-refractivity contribution < 1.29 is 23.1 Å². The Labute approximate surface area is 75.9 Å². The third kappa shape index (κ3) is 2.38. The molecule has 1 aromatic rings. The van der Waals surface area contributed by atoms with Gasteiger partial charge in [-0.25, -0.2) is 4.79 Å². The summed E-state index contributed by atoms with van der Waals surface area (Å²) in [6, 6.07) is 0. The first-order valence-corrected chi connectivity index (χ1v) is 3.42. The highest BCUT2D eigenvalue weighted by atomic mass is 19.4. The summed E-state index contributed by atoms with van der Waals surface area (Å²) in [6.07, 6.45) is -3.71. The summed E-state index contributed by atoms with van der Waals surface area (Å²) in [5.41, 5.74) is 4.65. The third-order valence-electron chi connectivity index (χ3n) is 1.36. The number of hydrogen-bond donors (Lipinski definition) is 2. The molecule has 0 radical (unpaired) electrons. The Hall–Kier alpha value is -1.73. The molecule has 0 unspecified atom stereocenters. The van der Waals surface area contributed by atoms with Crippen molar-refractivity contribution in [2.45, 2.75) is 12.7 Å². The lowest BCUT2D eigenvalue weighted by atomic mass is 10.3. The molecule has 0 fully saturated rings. The van der Waals surface area contributed by atoms with E-state index in [1.54, 1.807) is 0 Å². The van der Waals surface area contributed by atoms with Crippen molar-refractivity contribution in [3.8, 4) is 0 Å². The molecule has 14 heavy (non-hydrogen) atoms. The first kappa shape index (κ1) is 10.4. The number of nitrogen functional groups attached to an aromatic ring is 1. The van der Waals surface area contributed by atoms with Gasteiger partial charge in [-0.2, -0.15) is 18.3 Å². The Kier molecular flexibility index (Phi) is 2.37. The van der Waals surface area contributed by atoms with Crippen molar-refractivity contribution in [2.24, 2.45) is 0 Å². The van der Waals surface area contributed by atoms with Crippen LogP contribution in [-0.4, -0.2) is 27.0 Å². The number of carbonyl (C=O) groups is 1. The Morgan fingerprint density at radius 3 is 2.57 bits per heavy atom. The molecule has 8 heteroatoms. The molecule has 0 aliphatic carbocycles. The number of carboxylic acids is 1. The Morgan fingerprint density at radius 1 is 1.64 bits per heavy atom. The lowest BCUT2D eigenvalue weighted by Gasteiger charge is -2.04. The van der Waals surface area contributed by atoms with E-state index in [0.29, 0.717) is 4.68 Å². The van der Waals surface area contributed by atoms with Gasteiger partial charge in [0, 0.05) is 6.20 Å². The Bertz CT molecular complexity index is 358. The van der Waals surface area contributed by atoms with E-state index in [1.807, 2.05) is 0 Å². The molecule has 0 saturated carbocycles. The minimum atomic E-state index is -4.45. The second kappa shape index (κ2) is 3.20. The van der Waals surface area contributed by atoms with Crippen molar-refractivity contribution in [3.63, 3.8) is 0 Å². The quantitative estimate of drug-likeness (QED) is 0.752. The van der Waals surface area contributed by atoms with Crippen LogP contribution in [0.4, 0.5) is 19.0 Å². The zero-order chi connectivity index (χ0) is 10.9. The molecule has 1 heterocycles. The molecule has 3 N–H and O–H groups in total. The number of nitrogens with two attached hydrogens (primary N) is 1. The van der Waals surface area contributed by atoms with Gasteiger partial charge in [-0.1, -0.05) is 0 Å². The number of anilines is 1. The minimum absolute atomic E-state index is 0.429. The highest BCUT2D eigenvalue weighted by Gasteiger charge is 2.29. The van der Waals surface area contributed by atoms with E-state index >= 15 is 0 Å². The lowest BCUT2D eigenvalue weighted by Crippen LogP contribution is -2.18. The SMILES string of the molecule is Nc1nn(CC(F)(F)F)cc1C(=O)O. The van der Waals surface area contributed by atoms with Crippen LogP contribution in [0.15, 0.2) is 6.20 Å². The summed E-state index contributed by atoms with van der Waals surface area (Å²) in [5.74, 6) is -1.84. The van der Waals surface area contributed by atoms with Gasteiger partial charge in [0.15, 0.2) is 5.82 Å². The monoisotopic (exact) mass is 209 g/mol. The molecule has 78 valence electrons. The maximum Gasteiger partial charge on any atom is 0.408 e. The second-order valence-corrected chi connectivity index (χ2v) is 2.55. The number of nitrogens with zero attached hydrogens (tertiary/aromatic N) is 2. The molecule has 1 rings (SSSR count). The van der Waals surface area contributed by atoms with Gasteiger partial charge in [0.1, 0.15) is 12.1 Å². The van der Waals surface area contributed by atoms with Crippen LogP contribution in [0.5, 0.6) is 0 Å². The molecule has 0 amide bonds. The van der Waals surface area contributed by atoms with E-state index in [0.717, 1.165) is 6.20 Å². The molecular formula is C6H6F3N3O2. The topological polar surface area (TPSA) is 81.1 Å². The van der Waals surface area contributed by atoms with Crippen molar-refractivity contribution in [1.82, 2.24) is 9.78 Å². The number of halogens is 3. The molecule has 0 saturated heterocycles. The van der Waals surface area contributed by atoms with Crippen molar-refractivity contribution in [1.29, 1.82) is 0 Å². The Morgan fingerprint density at radius 2 is 2.21 bits per heavy atom. The maximum absolute atomic E-state index is 11.8. The lowest BCUT2D eigenvalue weighted by molar-refractivity contribution is -0.142. The van der Waals surface area contributed by atoms with Crippen LogP contribution in [0.1, 0.15) is 10.4 Å². The fourth-order valence-corrected chi connectivity index (χ4v) is 0.866. The number of carboxylic acid groups (broad SMARTS) is 1. The normalized spacial score (nSPS) is 11.6. The molecule has 0 aliphatic heterocycles. The number of alkyl halides is 3. The maximum atomic E-state index is 11.8. The smallest absolute Gasteiger partial charge is 0.408 e. The highest BCUT2D eigenvalue weighted by Crippen LogP contribution is 2.18. The average Bonchev–Trinajstić information content (AvgIpc) is 2.26. The third-order valence-corrected chi connectivity index (χ3v) is 1.36. The zero-order valence-electron chi connectivity index (χ0n) is 6.75. The molecule has 0 atom stereocenters. The molecule has 0 bridgehead atoms. The minimum Gasteiger partial charge on any atom is -0.477 e. The zero-order valence-corrected chi connectivity index (χ0v) is 6.75. The van der Waals surface area contributed by atoms with Crippen molar-refractivity contribution in [3.05, 3.63) is 11.8 Å². The van der Waals surface area contributed by atoms with E-state index in [-0.39, 0.29) is 0 Å². The van der Waals surface area contributed by atoms with Crippen molar-refractivity contribution >= 4 is 11.8 Å².